The minimum atomic E-state index is 0.179. The number of thioether (sulfide) groups is 1. The van der Waals surface area contributed by atoms with E-state index >= 15 is 0 Å². The number of hydrogen-bond acceptors (Lipinski definition) is 3. The zero-order valence-electron chi connectivity index (χ0n) is 10.6. The first-order valence-corrected chi connectivity index (χ1v) is 6.66. The molecule has 2 nitrogen and oxygen atoms in total. The number of aryl methyl sites for hydroxylation is 2. The fourth-order valence-electron chi connectivity index (χ4n) is 1.52. The number of hydrogen-bond donors (Lipinski definition) is 1. The lowest BCUT2D eigenvalue weighted by Gasteiger charge is -2.05. The molecule has 2 N–H and O–H groups in total. The molecule has 1 rings (SSSR count). The predicted molar refractivity (Wildman–Crippen MR) is 77.1 cm³/mol. The first kappa shape index (κ1) is 13.8. The fraction of sp³-hybridized carbons (Fsp3) is 0.357. The van der Waals surface area contributed by atoms with Crippen molar-refractivity contribution in [2.24, 2.45) is 0 Å². The summed E-state index contributed by atoms with van der Waals surface area (Å²) >= 11 is 1.37. The van der Waals surface area contributed by atoms with Gasteiger partial charge in [-0.05, 0) is 49.1 Å². The molecule has 1 aromatic rings. The van der Waals surface area contributed by atoms with Gasteiger partial charge in [0.1, 0.15) is 0 Å². The average Bonchev–Trinajstić information content (AvgIpc) is 2.24. The normalized spacial score (nSPS) is 11.0. The van der Waals surface area contributed by atoms with E-state index in [1.807, 2.05) is 13.0 Å². The third-order valence-electron chi connectivity index (χ3n) is 2.54. The third kappa shape index (κ3) is 4.65. The SMILES string of the molecule is CC(=O)SCCC=Cc1cc(C)c(N)cc1C. The second kappa shape index (κ2) is 6.50. The van der Waals surface area contributed by atoms with Crippen LogP contribution < -0.4 is 5.73 Å². The molecule has 0 unspecified atom stereocenters. The van der Waals surface area contributed by atoms with Crippen LogP contribution in [0.1, 0.15) is 30.0 Å². The van der Waals surface area contributed by atoms with Crippen LogP contribution in [-0.2, 0) is 4.79 Å². The van der Waals surface area contributed by atoms with Gasteiger partial charge in [0, 0.05) is 18.4 Å². The van der Waals surface area contributed by atoms with E-state index in [4.69, 9.17) is 5.73 Å². The van der Waals surface area contributed by atoms with Crippen molar-refractivity contribution in [1.29, 1.82) is 0 Å². The molecule has 0 saturated carbocycles. The summed E-state index contributed by atoms with van der Waals surface area (Å²) in [7, 11) is 0. The van der Waals surface area contributed by atoms with Crippen LogP contribution in [0, 0.1) is 13.8 Å². The number of carbonyl (C=O) groups excluding carboxylic acids is 1. The van der Waals surface area contributed by atoms with Crippen LogP contribution >= 0.6 is 11.8 Å². The molecule has 0 bridgehead atoms. The first-order chi connectivity index (χ1) is 8.00. The Morgan fingerprint density at radius 2 is 2.06 bits per heavy atom. The van der Waals surface area contributed by atoms with Gasteiger partial charge in [-0.25, -0.2) is 0 Å². The highest BCUT2D eigenvalue weighted by Crippen LogP contribution is 2.19. The van der Waals surface area contributed by atoms with E-state index in [0.29, 0.717) is 0 Å². The smallest absolute Gasteiger partial charge is 0.185 e. The maximum absolute atomic E-state index is 10.7. The second-order valence-corrected chi connectivity index (χ2v) is 5.37. The number of nitrogens with two attached hydrogens (primary N) is 1. The molecule has 0 aliphatic heterocycles. The Bertz CT molecular complexity index is 438. The highest BCUT2D eigenvalue weighted by atomic mass is 32.2. The monoisotopic (exact) mass is 249 g/mol. The fourth-order valence-corrected chi connectivity index (χ4v) is 2.06. The Balaban J connectivity index is 2.59. The van der Waals surface area contributed by atoms with E-state index < -0.39 is 0 Å². The van der Waals surface area contributed by atoms with E-state index in [1.54, 1.807) is 6.92 Å². The molecule has 3 heteroatoms. The Labute approximate surface area is 107 Å². The first-order valence-electron chi connectivity index (χ1n) is 5.67. The van der Waals surface area contributed by atoms with E-state index in [9.17, 15) is 4.79 Å². The topological polar surface area (TPSA) is 43.1 Å². The lowest BCUT2D eigenvalue weighted by Crippen LogP contribution is -1.92. The van der Waals surface area contributed by atoms with E-state index in [1.165, 1.54) is 22.9 Å². The molecule has 0 amide bonds. The highest BCUT2D eigenvalue weighted by Gasteiger charge is 1.99. The lowest BCUT2D eigenvalue weighted by molar-refractivity contribution is -0.109. The number of carbonyl (C=O) groups is 1. The van der Waals surface area contributed by atoms with Crippen LogP contribution in [0.15, 0.2) is 18.2 Å². The zero-order chi connectivity index (χ0) is 12.8. The zero-order valence-corrected chi connectivity index (χ0v) is 11.4. The second-order valence-electron chi connectivity index (χ2n) is 4.10. The molecule has 0 spiro atoms. The standard InChI is InChI=1S/C14H19NOS/c1-10-9-14(15)11(2)8-13(10)6-4-5-7-17-12(3)16/h4,6,8-9H,5,7,15H2,1-3H3. The molecule has 17 heavy (non-hydrogen) atoms. The quantitative estimate of drug-likeness (QED) is 0.655. The molecule has 0 aromatic heterocycles. The van der Waals surface area contributed by atoms with Crippen LogP contribution in [0.2, 0.25) is 0 Å². The number of benzene rings is 1. The minimum Gasteiger partial charge on any atom is -0.399 e. The van der Waals surface area contributed by atoms with Gasteiger partial charge in [-0.1, -0.05) is 23.9 Å². The Morgan fingerprint density at radius 3 is 2.71 bits per heavy atom. The van der Waals surface area contributed by atoms with Gasteiger partial charge in [0.15, 0.2) is 5.12 Å². The maximum Gasteiger partial charge on any atom is 0.185 e. The van der Waals surface area contributed by atoms with Gasteiger partial charge in [0.25, 0.3) is 0 Å². The summed E-state index contributed by atoms with van der Waals surface area (Å²) in [5, 5.41) is 0.179. The molecular formula is C14H19NOS. The van der Waals surface area contributed by atoms with Gasteiger partial charge in [-0.2, -0.15) is 0 Å². The molecule has 0 saturated heterocycles. The summed E-state index contributed by atoms with van der Waals surface area (Å²) in [5.41, 5.74) is 10.2. The van der Waals surface area contributed by atoms with E-state index in [-0.39, 0.29) is 5.12 Å². The summed E-state index contributed by atoms with van der Waals surface area (Å²) in [6.07, 6.45) is 5.11. The van der Waals surface area contributed by atoms with Crippen molar-refractivity contribution in [2.75, 3.05) is 11.5 Å². The average molecular weight is 249 g/mol. The van der Waals surface area contributed by atoms with Gasteiger partial charge in [-0.3, -0.25) is 4.79 Å². The van der Waals surface area contributed by atoms with Crippen molar-refractivity contribution in [2.45, 2.75) is 27.2 Å². The van der Waals surface area contributed by atoms with Crippen molar-refractivity contribution >= 4 is 28.6 Å². The predicted octanol–water partition coefficient (Wildman–Crippen LogP) is 3.57. The highest BCUT2D eigenvalue weighted by molar-refractivity contribution is 8.13. The van der Waals surface area contributed by atoms with Crippen molar-refractivity contribution in [3.05, 3.63) is 34.9 Å². The van der Waals surface area contributed by atoms with Gasteiger partial charge in [0.2, 0.25) is 0 Å². The largest absolute Gasteiger partial charge is 0.399 e. The molecule has 0 aliphatic rings. The van der Waals surface area contributed by atoms with Crippen LogP contribution in [0.25, 0.3) is 6.08 Å². The van der Waals surface area contributed by atoms with Gasteiger partial charge >= 0.3 is 0 Å². The Morgan fingerprint density at radius 1 is 1.35 bits per heavy atom. The third-order valence-corrected chi connectivity index (χ3v) is 3.39. The number of anilines is 1. The Hall–Kier alpha value is -1.22. The minimum absolute atomic E-state index is 0.179. The maximum atomic E-state index is 10.7. The summed E-state index contributed by atoms with van der Waals surface area (Å²) < 4.78 is 0. The van der Waals surface area contributed by atoms with E-state index in [2.05, 4.69) is 25.1 Å². The summed E-state index contributed by atoms with van der Waals surface area (Å²) in [4.78, 5) is 10.7. The molecule has 0 aliphatic carbocycles. The lowest BCUT2D eigenvalue weighted by atomic mass is 10.0. The molecule has 0 radical (unpaired) electrons. The molecule has 0 heterocycles. The number of nitrogen functional groups attached to an aromatic ring is 1. The van der Waals surface area contributed by atoms with E-state index in [0.717, 1.165) is 23.4 Å². The Kier molecular flexibility index (Phi) is 5.29. The van der Waals surface area contributed by atoms with Gasteiger partial charge in [0.05, 0.1) is 0 Å². The summed E-state index contributed by atoms with van der Waals surface area (Å²) in [5.74, 6) is 0.846. The van der Waals surface area contributed by atoms with Crippen molar-refractivity contribution in [1.82, 2.24) is 0 Å². The van der Waals surface area contributed by atoms with Crippen molar-refractivity contribution < 1.29 is 4.79 Å². The molecule has 92 valence electrons. The summed E-state index contributed by atoms with van der Waals surface area (Å²) in [6.45, 7) is 5.67. The molecule has 0 fully saturated rings. The van der Waals surface area contributed by atoms with Crippen LogP contribution in [0.4, 0.5) is 5.69 Å². The van der Waals surface area contributed by atoms with Crippen LogP contribution in [-0.4, -0.2) is 10.9 Å². The van der Waals surface area contributed by atoms with Crippen molar-refractivity contribution in [3.8, 4) is 0 Å². The van der Waals surface area contributed by atoms with Crippen LogP contribution in [0.5, 0.6) is 0 Å². The number of rotatable bonds is 4. The van der Waals surface area contributed by atoms with Crippen molar-refractivity contribution in [3.63, 3.8) is 0 Å². The van der Waals surface area contributed by atoms with Gasteiger partial charge in [-0.15, -0.1) is 0 Å². The summed E-state index contributed by atoms with van der Waals surface area (Å²) in [6, 6.07) is 4.10. The molecule has 1 aromatic carbocycles. The number of allylic oxidation sites excluding steroid dienone is 1. The van der Waals surface area contributed by atoms with Gasteiger partial charge < -0.3 is 5.73 Å². The van der Waals surface area contributed by atoms with Crippen LogP contribution in [0.3, 0.4) is 0 Å². The molecular weight excluding hydrogens is 230 g/mol. The molecule has 0 atom stereocenters.